The Labute approximate surface area is 329 Å². The third-order valence-corrected chi connectivity index (χ3v) is 9.64. The van der Waals surface area contributed by atoms with Gasteiger partial charge in [0, 0.05) is 29.9 Å². The van der Waals surface area contributed by atoms with Gasteiger partial charge in [0.05, 0.1) is 0 Å². The lowest BCUT2D eigenvalue weighted by Gasteiger charge is -2.30. The second-order valence-corrected chi connectivity index (χ2v) is 16.1. The lowest BCUT2D eigenvalue weighted by molar-refractivity contribution is -0.137. The molecule has 56 heavy (non-hydrogen) atoms. The number of benzene rings is 1. The maximum Gasteiger partial charge on any atom is 0.243 e. The fourth-order valence-electron chi connectivity index (χ4n) is 6.79. The van der Waals surface area contributed by atoms with Gasteiger partial charge < -0.3 is 48.4 Å². The van der Waals surface area contributed by atoms with Crippen LogP contribution < -0.4 is 43.4 Å². The molecule has 2 aromatic rings. The maximum atomic E-state index is 14.3. The molecule has 16 nitrogen and oxygen atoms in total. The van der Waals surface area contributed by atoms with Crippen molar-refractivity contribution < 1.29 is 33.6 Å². The summed E-state index contributed by atoms with van der Waals surface area (Å²) in [5.74, 6) is -4.79. The van der Waals surface area contributed by atoms with Crippen molar-refractivity contribution in [1.82, 2.24) is 36.9 Å². The lowest BCUT2D eigenvalue weighted by Crippen LogP contribution is -2.62. The SMILES string of the molecule is CC(C)C[C@@H]1NC(=O)[C@H](Cc2c[nH]c3ccccc23)NC(=O)[C@@H](CCCCN)NC(=O)[C@H](CCC(N)=O)NC(=O)[C@H](CC(C)C)NC(=O)[C@@H](CC(C)C)NC1=O. The molecule has 1 aromatic carbocycles. The van der Waals surface area contributed by atoms with E-state index in [-0.39, 0.29) is 62.7 Å². The Bertz CT molecular complexity index is 1670. The second kappa shape index (κ2) is 21.9. The average Bonchev–Trinajstić information content (AvgIpc) is 3.53. The fourth-order valence-corrected chi connectivity index (χ4v) is 6.79. The highest BCUT2D eigenvalue weighted by Gasteiger charge is 2.36. The Morgan fingerprint density at radius 2 is 1.00 bits per heavy atom. The van der Waals surface area contributed by atoms with Crippen molar-refractivity contribution >= 4 is 52.3 Å². The monoisotopic (exact) mass is 781 g/mol. The summed E-state index contributed by atoms with van der Waals surface area (Å²) < 4.78 is 0. The first-order valence-corrected chi connectivity index (χ1v) is 19.8. The molecule has 0 spiro atoms. The number of para-hydroxylation sites is 1. The fraction of sp³-hybridized carbons (Fsp3) is 0.625. The number of nitrogens with two attached hydrogens (primary N) is 2. The van der Waals surface area contributed by atoms with Crippen molar-refractivity contribution in [3.05, 3.63) is 36.0 Å². The molecular weight excluding hydrogens is 718 g/mol. The number of fused-ring (bicyclic) bond motifs is 1. The number of H-pyrrole nitrogens is 1. The first-order chi connectivity index (χ1) is 26.5. The van der Waals surface area contributed by atoms with Gasteiger partial charge in [0.25, 0.3) is 0 Å². The van der Waals surface area contributed by atoms with E-state index < -0.39 is 77.6 Å². The summed E-state index contributed by atoms with van der Waals surface area (Å²) in [7, 11) is 0. The minimum atomic E-state index is -1.31. The minimum Gasteiger partial charge on any atom is -0.370 e. The summed E-state index contributed by atoms with van der Waals surface area (Å²) >= 11 is 0. The van der Waals surface area contributed by atoms with Crippen molar-refractivity contribution in [2.24, 2.45) is 29.2 Å². The summed E-state index contributed by atoms with van der Waals surface area (Å²) in [6.07, 6.45) is 3.14. The van der Waals surface area contributed by atoms with E-state index in [1.807, 2.05) is 65.8 Å². The van der Waals surface area contributed by atoms with Crippen LogP contribution in [0.1, 0.15) is 98.5 Å². The third kappa shape index (κ3) is 14.3. The van der Waals surface area contributed by atoms with Crippen molar-refractivity contribution in [2.75, 3.05) is 6.54 Å². The van der Waals surface area contributed by atoms with Gasteiger partial charge in [0.2, 0.25) is 41.4 Å². The molecule has 1 aliphatic heterocycles. The topological polar surface area (TPSA) is 260 Å². The Morgan fingerprint density at radius 1 is 0.589 bits per heavy atom. The van der Waals surface area contributed by atoms with E-state index in [4.69, 9.17) is 11.5 Å². The summed E-state index contributed by atoms with van der Waals surface area (Å²) in [4.78, 5) is 99.3. The molecule has 11 N–H and O–H groups in total. The van der Waals surface area contributed by atoms with Crippen LogP contribution in [0.3, 0.4) is 0 Å². The summed E-state index contributed by atoms with van der Waals surface area (Å²) in [6, 6.07) is 0.562. The smallest absolute Gasteiger partial charge is 0.243 e. The zero-order valence-corrected chi connectivity index (χ0v) is 33.7. The van der Waals surface area contributed by atoms with E-state index in [2.05, 4.69) is 36.9 Å². The normalized spacial score (nSPS) is 23.5. The van der Waals surface area contributed by atoms with E-state index in [0.717, 1.165) is 16.5 Å². The van der Waals surface area contributed by atoms with E-state index in [1.54, 1.807) is 6.20 Å². The molecule has 2 heterocycles. The molecule has 1 fully saturated rings. The van der Waals surface area contributed by atoms with Gasteiger partial charge in [0.15, 0.2) is 0 Å². The Hall–Kier alpha value is -4.99. The first kappa shape index (κ1) is 45.4. The standard InChI is InChI=1S/C40H63N9O7/c1-22(2)17-30-37(53)45-29(14-15-34(42)50)36(52)44-28(13-9-10-16-41)35(51)49-33(20-25-21-43-27-12-8-7-11-26(25)27)40(56)48-32(19-24(5)6)39(55)47-31(18-23(3)4)38(54)46-30/h7-8,11-12,21-24,28-33,43H,9-10,13-20,41H2,1-6H3,(H2,42,50)(H,44,52)(H,45,53)(H,46,54)(H,47,55)(H,48,56)(H,49,51)/t28-,29+,30+,31-,32+,33+/m1/s1. The summed E-state index contributed by atoms with van der Waals surface area (Å²) in [5.41, 5.74) is 12.7. The van der Waals surface area contributed by atoms with Gasteiger partial charge in [0.1, 0.15) is 36.3 Å². The molecule has 0 bridgehead atoms. The van der Waals surface area contributed by atoms with E-state index in [9.17, 15) is 33.6 Å². The molecule has 1 aromatic heterocycles. The quantitative estimate of drug-likeness (QED) is 0.118. The predicted octanol–water partition coefficient (Wildman–Crippen LogP) is 1.17. The van der Waals surface area contributed by atoms with Crippen LogP contribution in [-0.4, -0.2) is 89.1 Å². The predicted molar refractivity (Wildman–Crippen MR) is 213 cm³/mol. The molecule has 0 saturated carbocycles. The first-order valence-electron chi connectivity index (χ1n) is 19.8. The number of carbonyl (C=O) groups excluding carboxylic acids is 7. The highest BCUT2D eigenvalue weighted by molar-refractivity contribution is 5.98. The average molecular weight is 782 g/mol. The number of amides is 7. The minimum absolute atomic E-state index is 0.0357. The van der Waals surface area contributed by atoms with E-state index >= 15 is 0 Å². The highest BCUT2D eigenvalue weighted by Crippen LogP contribution is 2.20. The van der Waals surface area contributed by atoms with E-state index in [1.165, 1.54) is 0 Å². The van der Waals surface area contributed by atoms with Crippen molar-refractivity contribution in [3.8, 4) is 0 Å². The van der Waals surface area contributed by atoms with Crippen LogP contribution in [0, 0.1) is 17.8 Å². The van der Waals surface area contributed by atoms with Crippen LogP contribution in [0.5, 0.6) is 0 Å². The zero-order valence-electron chi connectivity index (χ0n) is 33.7. The van der Waals surface area contributed by atoms with Crippen LogP contribution in [0.4, 0.5) is 0 Å². The molecule has 0 unspecified atom stereocenters. The molecular formula is C40H63N9O7. The van der Waals surface area contributed by atoms with Crippen LogP contribution in [0.15, 0.2) is 30.5 Å². The summed E-state index contributed by atoms with van der Waals surface area (Å²) in [6.45, 7) is 11.6. The number of aromatic nitrogens is 1. The van der Waals surface area contributed by atoms with Gasteiger partial charge in [-0.2, -0.15) is 0 Å². The molecule has 1 saturated heterocycles. The van der Waals surface area contributed by atoms with Crippen LogP contribution in [-0.2, 0) is 40.0 Å². The number of hydrogen-bond donors (Lipinski definition) is 9. The third-order valence-electron chi connectivity index (χ3n) is 9.64. The number of aromatic amines is 1. The molecule has 0 aliphatic carbocycles. The number of nitrogens with one attached hydrogen (secondary N) is 7. The Morgan fingerprint density at radius 3 is 1.46 bits per heavy atom. The van der Waals surface area contributed by atoms with Gasteiger partial charge in [-0.05, 0) is 80.9 Å². The number of primary amides is 1. The van der Waals surface area contributed by atoms with Gasteiger partial charge in [-0.25, -0.2) is 0 Å². The number of hydrogen-bond acceptors (Lipinski definition) is 8. The van der Waals surface area contributed by atoms with Crippen LogP contribution in [0.2, 0.25) is 0 Å². The molecule has 7 amide bonds. The largest absolute Gasteiger partial charge is 0.370 e. The number of carbonyl (C=O) groups is 7. The van der Waals surface area contributed by atoms with Crippen molar-refractivity contribution in [1.29, 1.82) is 0 Å². The molecule has 16 heteroatoms. The molecule has 0 radical (unpaired) electrons. The van der Waals surface area contributed by atoms with E-state index in [0.29, 0.717) is 19.4 Å². The Balaban J connectivity index is 2.15. The number of unbranched alkanes of at least 4 members (excludes halogenated alkanes) is 1. The van der Waals surface area contributed by atoms with Crippen LogP contribution in [0.25, 0.3) is 10.9 Å². The van der Waals surface area contributed by atoms with Crippen molar-refractivity contribution in [2.45, 2.75) is 136 Å². The molecule has 310 valence electrons. The Kier molecular flexibility index (Phi) is 17.8. The zero-order chi connectivity index (χ0) is 41.5. The second-order valence-electron chi connectivity index (χ2n) is 16.1. The molecule has 6 atom stereocenters. The maximum absolute atomic E-state index is 14.3. The molecule has 1 aliphatic rings. The molecule has 3 rings (SSSR count). The van der Waals surface area contributed by atoms with Crippen molar-refractivity contribution in [3.63, 3.8) is 0 Å². The van der Waals surface area contributed by atoms with Gasteiger partial charge in [-0.3, -0.25) is 33.6 Å². The van der Waals surface area contributed by atoms with Crippen LogP contribution >= 0.6 is 0 Å². The van der Waals surface area contributed by atoms with Gasteiger partial charge in [-0.1, -0.05) is 59.7 Å². The highest BCUT2D eigenvalue weighted by atomic mass is 16.2. The lowest BCUT2D eigenvalue weighted by atomic mass is 9.97. The number of rotatable bonds is 15. The summed E-state index contributed by atoms with van der Waals surface area (Å²) in [5, 5.41) is 17.6. The van der Waals surface area contributed by atoms with Gasteiger partial charge >= 0.3 is 0 Å². The van der Waals surface area contributed by atoms with Gasteiger partial charge in [-0.15, -0.1) is 0 Å².